The van der Waals surface area contributed by atoms with Gasteiger partial charge in [0.15, 0.2) is 0 Å². The van der Waals surface area contributed by atoms with Crippen molar-refractivity contribution in [1.82, 2.24) is 0 Å². The van der Waals surface area contributed by atoms with E-state index in [0.717, 1.165) is 11.3 Å². The summed E-state index contributed by atoms with van der Waals surface area (Å²) in [5.74, 6) is 1.40. The zero-order valence-electron chi connectivity index (χ0n) is 10.9. The molecule has 18 heavy (non-hydrogen) atoms. The van der Waals surface area contributed by atoms with Gasteiger partial charge < -0.3 is 15.2 Å². The first-order valence-electron chi connectivity index (χ1n) is 5.84. The molecule has 0 amide bonds. The number of ether oxygens (including phenoxy) is 2. The number of methoxy groups -OCH3 is 1. The molecular formula is C14H18N2O2. The SMILES string of the molecule is COc1ccc(C(N)=CC2=NC(C)(C)CO2)cc1. The van der Waals surface area contributed by atoms with E-state index in [1.807, 2.05) is 38.1 Å². The summed E-state index contributed by atoms with van der Waals surface area (Å²) in [7, 11) is 1.64. The van der Waals surface area contributed by atoms with Crippen molar-refractivity contribution < 1.29 is 9.47 Å². The van der Waals surface area contributed by atoms with Crippen LogP contribution in [0.3, 0.4) is 0 Å². The minimum absolute atomic E-state index is 0.161. The number of nitrogens with two attached hydrogens (primary N) is 1. The summed E-state index contributed by atoms with van der Waals surface area (Å²) in [6.45, 7) is 4.64. The number of benzene rings is 1. The molecule has 0 aromatic heterocycles. The van der Waals surface area contributed by atoms with Crippen molar-refractivity contribution in [3.8, 4) is 5.75 Å². The van der Waals surface area contributed by atoms with Crippen molar-refractivity contribution >= 4 is 11.6 Å². The molecular weight excluding hydrogens is 228 g/mol. The monoisotopic (exact) mass is 246 g/mol. The summed E-state index contributed by atoms with van der Waals surface area (Å²) >= 11 is 0. The molecule has 4 heteroatoms. The van der Waals surface area contributed by atoms with Gasteiger partial charge in [-0.1, -0.05) is 0 Å². The second kappa shape index (κ2) is 4.72. The maximum absolute atomic E-state index is 6.01. The third kappa shape index (κ3) is 2.83. The molecule has 4 nitrogen and oxygen atoms in total. The van der Waals surface area contributed by atoms with Crippen molar-refractivity contribution in [2.24, 2.45) is 10.7 Å². The zero-order valence-corrected chi connectivity index (χ0v) is 10.9. The first-order valence-corrected chi connectivity index (χ1v) is 5.84. The third-order valence-electron chi connectivity index (χ3n) is 2.69. The van der Waals surface area contributed by atoms with Crippen LogP contribution in [0.4, 0.5) is 0 Å². The maximum atomic E-state index is 6.01. The molecule has 1 heterocycles. The Morgan fingerprint density at radius 1 is 1.39 bits per heavy atom. The average Bonchev–Trinajstić information content (AvgIpc) is 2.68. The van der Waals surface area contributed by atoms with Gasteiger partial charge in [0.05, 0.1) is 12.6 Å². The lowest BCUT2D eigenvalue weighted by atomic mass is 10.1. The number of hydrogen-bond donors (Lipinski definition) is 1. The van der Waals surface area contributed by atoms with Crippen LogP contribution in [0.15, 0.2) is 35.3 Å². The van der Waals surface area contributed by atoms with Gasteiger partial charge in [-0.25, -0.2) is 4.99 Å². The molecule has 0 bridgehead atoms. The molecule has 1 aliphatic heterocycles. The standard InChI is InChI=1S/C14H18N2O2/c1-14(2)9-18-13(16-14)8-12(15)10-4-6-11(17-3)7-5-10/h4-8H,9,15H2,1-3H3. The van der Waals surface area contributed by atoms with Crippen LogP contribution in [0.1, 0.15) is 19.4 Å². The summed E-state index contributed by atoms with van der Waals surface area (Å²) in [5, 5.41) is 0. The second-order valence-electron chi connectivity index (χ2n) is 4.88. The molecule has 0 radical (unpaired) electrons. The van der Waals surface area contributed by atoms with Gasteiger partial charge in [-0.2, -0.15) is 0 Å². The van der Waals surface area contributed by atoms with Gasteiger partial charge >= 0.3 is 0 Å². The van der Waals surface area contributed by atoms with Crippen LogP contribution in [-0.4, -0.2) is 25.2 Å². The van der Waals surface area contributed by atoms with Gasteiger partial charge in [0, 0.05) is 11.8 Å². The van der Waals surface area contributed by atoms with Crippen molar-refractivity contribution in [3.63, 3.8) is 0 Å². The molecule has 2 rings (SSSR count). The topological polar surface area (TPSA) is 56.8 Å². The van der Waals surface area contributed by atoms with Crippen molar-refractivity contribution in [2.45, 2.75) is 19.4 Å². The Morgan fingerprint density at radius 3 is 2.56 bits per heavy atom. The van der Waals surface area contributed by atoms with Gasteiger partial charge in [0.1, 0.15) is 12.4 Å². The van der Waals surface area contributed by atoms with E-state index in [0.29, 0.717) is 18.2 Å². The molecule has 0 aliphatic carbocycles. The average molecular weight is 246 g/mol. The van der Waals surface area contributed by atoms with E-state index < -0.39 is 0 Å². The Labute approximate surface area is 107 Å². The summed E-state index contributed by atoms with van der Waals surface area (Å²) in [6.07, 6.45) is 1.76. The molecule has 0 unspecified atom stereocenters. The van der Waals surface area contributed by atoms with Crippen LogP contribution in [0.5, 0.6) is 5.75 Å². The Hall–Kier alpha value is -1.97. The molecule has 0 spiro atoms. The highest BCUT2D eigenvalue weighted by Gasteiger charge is 2.25. The number of hydrogen-bond acceptors (Lipinski definition) is 4. The van der Waals surface area contributed by atoms with E-state index in [4.69, 9.17) is 15.2 Å². The zero-order chi connectivity index (χ0) is 13.2. The van der Waals surface area contributed by atoms with E-state index in [2.05, 4.69) is 4.99 Å². The highest BCUT2D eigenvalue weighted by molar-refractivity contribution is 5.95. The Kier molecular flexibility index (Phi) is 3.28. The normalized spacial score (nSPS) is 18.2. The van der Waals surface area contributed by atoms with Gasteiger partial charge in [0.25, 0.3) is 0 Å². The van der Waals surface area contributed by atoms with Crippen LogP contribution in [0.25, 0.3) is 5.70 Å². The van der Waals surface area contributed by atoms with Crippen LogP contribution in [0.2, 0.25) is 0 Å². The van der Waals surface area contributed by atoms with Crippen LogP contribution >= 0.6 is 0 Å². The smallest absolute Gasteiger partial charge is 0.211 e. The molecule has 0 saturated heterocycles. The van der Waals surface area contributed by atoms with Crippen LogP contribution in [-0.2, 0) is 4.74 Å². The molecule has 1 aromatic carbocycles. The fraction of sp³-hybridized carbons (Fsp3) is 0.357. The maximum Gasteiger partial charge on any atom is 0.211 e. The number of nitrogens with zero attached hydrogens (tertiary/aromatic N) is 1. The fourth-order valence-electron chi connectivity index (χ4n) is 1.69. The molecule has 0 fully saturated rings. The van der Waals surface area contributed by atoms with Gasteiger partial charge in [-0.05, 0) is 43.7 Å². The summed E-state index contributed by atoms with van der Waals surface area (Å²) in [5.41, 5.74) is 7.41. The third-order valence-corrected chi connectivity index (χ3v) is 2.69. The Bertz CT molecular complexity index is 487. The van der Waals surface area contributed by atoms with Crippen molar-refractivity contribution in [1.29, 1.82) is 0 Å². The van der Waals surface area contributed by atoms with E-state index in [1.165, 1.54) is 0 Å². The molecule has 0 saturated carbocycles. The summed E-state index contributed by atoms with van der Waals surface area (Å²) in [6, 6.07) is 7.56. The fourth-order valence-corrected chi connectivity index (χ4v) is 1.69. The minimum Gasteiger partial charge on any atom is -0.497 e. The Morgan fingerprint density at radius 2 is 2.06 bits per heavy atom. The highest BCUT2D eigenvalue weighted by atomic mass is 16.5. The van der Waals surface area contributed by atoms with Gasteiger partial charge in [-0.15, -0.1) is 0 Å². The largest absolute Gasteiger partial charge is 0.497 e. The van der Waals surface area contributed by atoms with Gasteiger partial charge in [-0.3, -0.25) is 0 Å². The Balaban J connectivity index is 2.18. The van der Waals surface area contributed by atoms with E-state index >= 15 is 0 Å². The predicted octanol–water partition coefficient (Wildman–Crippen LogP) is 2.20. The predicted molar refractivity (Wildman–Crippen MR) is 72.6 cm³/mol. The van der Waals surface area contributed by atoms with E-state index in [1.54, 1.807) is 13.2 Å². The summed E-state index contributed by atoms with van der Waals surface area (Å²) in [4.78, 5) is 4.43. The minimum atomic E-state index is -0.161. The highest BCUT2D eigenvalue weighted by Crippen LogP contribution is 2.20. The lowest BCUT2D eigenvalue weighted by molar-refractivity contribution is 0.280. The van der Waals surface area contributed by atoms with Crippen molar-refractivity contribution in [3.05, 3.63) is 35.9 Å². The van der Waals surface area contributed by atoms with E-state index in [9.17, 15) is 0 Å². The first kappa shape index (κ1) is 12.5. The lowest BCUT2D eigenvalue weighted by Gasteiger charge is -2.07. The molecule has 1 aromatic rings. The van der Waals surface area contributed by atoms with E-state index in [-0.39, 0.29) is 5.54 Å². The second-order valence-corrected chi connectivity index (χ2v) is 4.88. The van der Waals surface area contributed by atoms with Gasteiger partial charge in [0.2, 0.25) is 5.90 Å². The molecule has 1 aliphatic rings. The quantitative estimate of drug-likeness (QED) is 0.889. The summed E-state index contributed by atoms with van der Waals surface area (Å²) < 4.78 is 10.6. The molecule has 0 atom stereocenters. The molecule has 96 valence electrons. The van der Waals surface area contributed by atoms with Crippen LogP contribution < -0.4 is 10.5 Å². The van der Waals surface area contributed by atoms with Crippen LogP contribution in [0, 0.1) is 0 Å². The number of rotatable bonds is 3. The number of aliphatic imine (C=N–C) groups is 1. The first-order chi connectivity index (χ1) is 8.50. The lowest BCUT2D eigenvalue weighted by Crippen LogP contribution is -2.17. The molecule has 2 N–H and O–H groups in total. The van der Waals surface area contributed by atoms with Crippen molar-refractivity contribution in [2.75, 3.05) is 13.7 Å².